The molecule has 2 aromatic rings. The van der Waals surface area contributed by atoms with Crippen molar-refractivity contribution in [2.24, 2.45) is 0 Å². The molecule has 0 radical (unpaired) electrons. The van der Waals surface area contributed by atoms with Crippen molar-refractivity contribution in [1.29, 1.82) is 0 Å². The van der Waals surface area contributed by atoms with Gasteiger partial charge in [-0.05, 0) is 67.3 Å². The second-order valence-corrected chi connectivity index (χ2v) is 15.4. The van der Waals surface area contributed by atoms with Crippen molar-refractivity contribution < 1.29 is 19.1 Å². The van der Waals surface area contributed by atoms with Crippen LogP contribution in [-0.2, 0) is 0 Å². The quantitative estimate of drug-likeness (QED) is 0.648. The standard InChI is InChI=1S/C21H26O4Si2/c1-26(2,24-20-11-7-5-9-18(20)22)16-13-14-17(15-16)27(3,4)25-21-12-8-6-10-19(21)23/h5-13,15,22-23H,14H2,1-4H3. The summed E-state index contributed by atoms with van der Waals surface area (Å²) >= 11 is 0. The third kappa shape index (κ3) is 4.28. The first kappa shape index (κ1) is 19.3. The van der Waals surface area contributed by atoms with Crippen molar-refractivity contribution in [2.45, 2.75) is 32.6 Å². The molecule has 0 fully saturated rings. The largest absolute Gasteiger partial charge is 0.537 e. The molecule has 0 atom stereocenters. The zero-order valence-electron chi connectivity index (χ0n) is 16.2. The van der Waals surface area contributed by atoms with Gasteiger partial charge in [-0.15, -0.1) is 0 Å². The minimum Gasteiger partial charge on any atom is -0.537 e. The van der Waals surface area contributed by atoms with E-state index in [1.165, 1.54) is 10.4 Å². The molecule has 6 heteroatoms. The zero-order chi connectivity index (χ0) is 19.7. The molecule has 0 bridgehead atoms. The van der Waals surface area contributed by atoms with Crippen LogP contribution >= 0.6 is 0 Å². The van der Waals surface area contributed by atoms with E-state index in [1.807, 2.05) is 12.1 Å². The molecule has 3 rings (SSSR count). The zero-order valence-corrected chi connectivity index (χ0v) is 18.2. The van der Waals surface area contributed by atoms with Crippen LogP contribution in [0.2, 0.25) is 26.2 Å². The van der Waals surface area contributed by atoms with E-state index in [-0.39, 0.29) is 11.5 Å². The van der Waals surface area contributed by atoms with Gasteiger partial charge >= 0.3 is 0 Å². The molecule has 1 aliphatic rings. The SMILES string of the molecule is C[Si](C)(Oc1ccccc1O)C1=CCC([Si](C)(C)Oc2ccccc2O)=C1. The molecular weight excluding hydrogens is 372 g/mol. The molecule has 0 aliphatic heterocycles. The molecule has 0 aromatic heterocycles. The van der Waals surface area contributed by atoms with E-state index in [0.717, 1.165) is 6.42 Å². The Morgan fingerprint density at radius 2 is 1.22 bits per heavy atom. The predicted octanol–water partition coefficient (Wildman–Crippen LogP) is 5.30. The number of phenolic OH excluding ortho intramolecular Hbond substituents is 2. The maximum atomic E-state index is 10.0. The molecule has 0 heterocycles. The second kappa shape index (κ2) is 7.29. The maximum absolute atomic E-state index is 10.0. The van der Waals surface area contributed by atoms with E-state index < -0.39 is 16.6 Å². The Hall–Kier alpha value is -2.45. The van der Waals surface area contributed by atoms with Crippen LogP contribution in [0.3, 0.4) is 0 Å². The third-order valence-electron chi connectivity index (χ3n) is 4.80. The average molecular weight is 399 g/mol. The van der Waals surface area contributed by atoms with Gasteiger partial charge in [0.05, 0.1) is 0 Å². The van der Waals surface area contributed by atoms with Gasteiger partial charge < -0.3 is 19.1 Å². The number of hydrogen-bond acceptors (Lipinski definition) is 4. The first-order chi connectivity index (χ1) is 12.7. The van der Waals surface area contributed by atoms with Gasteiger partial charge in [0.15, 0.2) is 11.5 Å². The molecule has 27 heavy (non-hydrogen) atoms. The highest BCUT2D eigenvalue weighted by Crippen LogP contribution is 2.36. The number of phenols is 2. The van der Waals surface area contributed by atoms with Crippen LogP contribution in [-0.4, -0.2) is 26.8 Å². The Morgan fingerprint density at radius 1 is 0.741 bits per heavy atom. The Balaban J connectivity index is 1.78. The van der Waals surface area contributed by atoms with Gasteiger partial charge in [0, 0.05) is 0 Å². The highest BCUT2D eigenvalue weighted by atomic mass is 28.4. The fourth-order valence-electron chi connectivity index (χ4n) is 3.13. The van der Waals surface area contributed by atoms with Crippen LogP contribution in [0.25, 0.3) is 0 Å². The summed E-state index contributed by atoms with van der Waals surface area (Å²) in [4.78, 5) is 0. The lowest BCUT2D eigenvalue weighted by Crippen LogP contribution is -2.38. The first-order valence-corrected chi connectivity index (χ1v) is 14.9. The summed E-state index contributed by atoms with van der Waals surface area (Å²) in [6, 6.07) is 14.2. The van der Waals surface area contributed by atoms with Crippen LogP contribution < -0.4 is 8.85 Å². The van der Waals surface area contributed by atoms with Crippen LogP contribution in [0.5, 0.6) is 23.0 Å². The van der Waals surface area contributed by atoms with E-state index in [4.69, 9.17) is 8.85 Å². The molecule has 0 amide bonds. The number of rotatable bonds is 6. The maximum Gasteiger partial charge on any atom is 0.276 e. The summed E-state index contributed by atoms with van der Waals surface area (Å²) in [6.07, 6.45) is 5.26. The molecule has 1 aliphatic carbocycles. The summed E-state index contributed by atoms with van der Waals surface area (Å²) in [6.45, 7) is 8.53. The van der Waals surface area contributed by atoms with Crippen LogP contribution in [0.15, 0.2) is 71.1 Å². The van der Waals surface area contributed by atoms with Gasteiger partial charge in [-0.2, -0.15) is 0 Å². The van der Waals surface area contributed by atoms with Crippen LogP contribution in [0.4, 0.5) is 0 Å². The lowest BCUT2D eigenvalue weighted by atomic mass is 10.3. The minimum atomic E-state index is -2.22. The fourth-order valence-corrected chi connectivity index (χ4v) is 7.18. The second-order valence-electron chi connectivity index (χ2n) is 7.69. The Bertz CT molecular complexity index is 901. The number of allylic oxidation sites excluding steroid dienone is 4. The lowest BCUT2D eigenvalue weighted by Gasteiger charge is -2.27. The monoisotopic (exact) mass is 398 g/mol. The van der Waals surface area contributed by atoms with E-state index in [1.54, 1.807) is 36.4 Å². The number of hydrogen-bond donors (Lipinski definition) is 2. The summed E-state index contributed by atoms with van der Waals surface area (Å²) in [5.41, 5.74) is 0. The molecule has 4 nitrogen and oxygen atoms in total. The van der Waals surface area contributed by atoms with E-state index in [2.05, 4.69) is 38.3 Å². The number of benzene rings is 2. The molecule has 0 spiro atoms. The van der Waals surface area contributed by atoms with Crippen molar-refractivity contribution in [2.75, 3.05) is 0 Å². The number of aromatic hydroxyl groups is 2. The molecule has 2 N–H and O–H groups in total. The smallest absolute Gasteiger partial charge is 0.276 e. The Labute approximate surface area is 162 Å². The topological polar surface area (TPSA) is 58.9 Å². The van der Waals surface area contributed by atoms with E-state index >= 15 is 0 Å². The average Bonchev–Trinajstić information content (AvgIpc) is 3.11. The molecule has 142 valence electrons. The van der Waals surface area contributed by atoms with Gasteiger partial charge in [0.25, 0.3) is 16.6 Å². The summed E-state index contributed by atoms with van der Waals surface area (Å²) in [7, 11) is -4.42. The molecule has 0 saturated heterocycles. The Kier molecular flexibility index (Phi) is 5.21. The summed E-state index contributed by atoms with van der Waals surface area (Å²) in [5.74, 6) is 1.39. The van der Waals surface area contributed by atoms with Crippen molar-refractivity contribution in [3.63, 3.8) is 0 Å². The Morgan fingerprint density at radius 3 is 1.74 bits per heavy atom. The fraction of sp³-hybridized carbons (Fsp3) is 0.238. The molecule has 2 aromatic carbocycles. The van der Waals surface area contributed by atoms with Crippen LogP contribution in [0, 0.1) is 0 Å². The van der Waals surface area contributed by atoms with Crippen molar-refractivity contribution in [3.05, 3.63) is 71.1 Å². The van der Waals surface area contributed by atoms with Gasteiger partial charge in [-0.1, -0.05) is 36.4 Å². The van der Waals surface area contributed by atoms with Gasteiger partial charge in [0.2, 0.25) is 0 Å². The van der Waals surface area contributed by atoms with Crippen molar-refractivity contribution >= 4 is 16.6 Å². The van der Waals surface area contributed by atoms with E-state index in [9.17, 15) is 10.2 Å². The molecular formula is C21H26O4Si2. The normalized spacial score (nSPS) is 14.5. The van der Waals surface area contributed by atoms with Crippen molar-refractivity contribution in [3.8, 4) is 23.0 Å². The summed E-state index contributed by atoms with van der Waals surface area (Å²) in [5, 5.41) is 22.5. The third-order valence-corrected chi connectivity index (χ3v) is 9.90. The van der Waals surface area contributed by atoms with Gasteiger partial charge in [-0.25, -0.2) is 0 Å². The van der Waals surface area contributed by atoms with Gasteiger partial charge in [-0.3, -0.25) is 0 Å². The first-order valence-electron chi connectivity index (χ1n) is 9.05. The molecule has 0 unspecified atom stereocenters. The minimum absolute atomic E-state index is 0.165. The predicted molar refractivity (Wildman–Crippen MR) is 113 cm³/mol. The summed E-state index contributed by atoms with van der Waals surface area (Å²) < 4.78 is 12.5. The highest BCUT2D eigenvalue weighted by molar-refractivity contribution is 6.82. The number of para-hydroxylation sites is 4. The van der Waals surface area contributed by atoms with Gasteiger partial charge in [0.1, 0.15) is 11.5 Å². The van der Waals surface area contributed by atoms with Crippen LogP contribution in [0.1, 0.15) is 6.42 Å². The molecule has 0 saturated carbocycles. The van der Waals surface area contributed by atoms with E-state index in [0.29, 0.717) is 11.5 Å². The highest BCUT2D eigenvalue weighted by Gasteiger charge is 2.37. The van der Waals surface area contributed by atoms with Crippen molar-refractivity contribution in [1.82, 2.24) is 0 Å². The lowest BCUT2D eigenvalue weighted by molar-refractivity contribution is 0.436.